The number of para-hydroxylation sites is 1. The van der Waals surface area contributed by atoms with E-state index in [9.17, 15) is 9.90 Å². The summed E-state index contributed by atoms with van der Waals surface area (Å²) in [5.41, 5.74) is 3.27. The molecule has 1 aliphatic heterocycles. The number of aromatic hydroxyl groups is 1. The number of benzene rings is 3. The Morgan fingerprint density at radius 3 is 2.41 bits per heavy atom. The molecule has 144 valence electrons. The van der Waals surface area contributed by atoms with Gasteiger partial charge in [-0.15, -0.1) is 0 Å². The van der Waals surface area contributed by atoms with Crippen LogP contribution in [0.1, 0.15) is 29.2 Å². The van der Waals surface area contributed by atoms with E-state index in [4.69, 9.17) is 11.6 Å². The number of carbonyl (C=O) groups is 1. The average Bonchev–Trinajstić information content (AvgIpc) is 3.19. The summed E-state index contributed by atoms with van der Waals surface area (Å²) in [5, 5.41) is 17.0. The maximum absolute atomic E-state index is 13.0. The fourth-order valence-electron chi connectivity index (χ4n) is 3.35. The predicted octanol–water partition coefficient (Wildman–Crippen LogP) is 5.44. The Labute approximate surface area is 174 Å². The quantitative estimate of drug-likeness (QED) is 0.591. The molecule has 0 saturated carbocycles. The van der Waals surface area contributed by atoms with Gasteiger partial charge in [0.2, 0.25) is 0 Å². The van der Waals surface area contributed by atoms with E-state index in [1.54, 1.807) is 30.3 Å². The molecule has 0 bridgehead atoms. The van der Waals surface area contributed by atoms with Crippen molar-refractivity contribution in [3.63, 3.8) is 0 Å². The molecule has 0 aliphatic carbocycles. The molecule has 0 fully saturated rings. The lowest BCUT2D eigenvalue weighted by atomic mass is 9.97. The average molecular weight is 403 g/mol. The maximum Gasteiger partial charge on any atom is 0.267 e. The van der Waals surface area contributed by atoms with Crippen LogP contribution in [0, 0.1) is 0 Å². The number of rotatable bonds is 4. The third-order valence-electron chi connectivity index (χ3n) is 4.83. The van der Waals surface area contributed by atoms with E-state index in [1.807, 2.05) is 54.6 Å². The van der Waals surface area contributed by atoms with E-state index in [0.29, 0.717) is 17.0 Å². The van der Waals surface area contributed by atoms with Crippen LogP contribution in [-0.2, 0) is 4.79 Å². The number of hydrogen-bond acceptors (Lipinski definition) is 3. The minimum absolute atomic E-state index is 0.148. The molecule has 1 amide bonds. The first kappa shape index (κ1) is 19.0. The van der Waals surface area contributed by atoms with Crippen molar-refractivity contribution in [1.82, 2.24) is 5.01 Å². The van der Waals surface area contributed by atoms with Gasteiger partial charge in [-0.05, 0) is 35.4 Å². The minimum Gasteiger partial charge on any atom is -0.508 e. The smallest absolute Gasteiger partial charge is 0.267 e. The summed E-state index contributed by atoms with van der Waals surface area (Å²) in [7, 11) is 0. The number of halogens is 1. The van der Waals surface area contributed by atoms with Gasteiger partial charge >= 0.3 is 0 Å². The summed E-state index contributed by atoms with van der Waals surface area (Å²) < 4.78 is 0. The third kappa shape index (κ3) is 4.23. The number of phenolic OH excluding ortho intramolecular Hbond substituents is 1. The Hall–Kier alpha value is -3.37. The first-order chi connectivity index (χ1) is 14.1. The fraction of sp³-hybridized carbons (Fsp3) is 0.0833. The highest BCUT2D eigenvalue weighted by Crippen LogP contribution is 2.37. The molecule has 1 N–H and O–H groups in total. The van der Waals surface area contributed by atoms with Crippen LogP contribution in [0.2, 0.25) is 5.02 Å². The van der Waals surface area contributed by atoms with Gasteiger partial charge in [0.25, 0.3) is 5.91 Å². The number of amides is 1. The van der Waals surface area contributed by atoms with Gasteiger partial charge in [0.1, 0.15) is 5.75 Å². The van der Waals surface area contributed by atoms with Crippen LogP contribution in [0.25, 0.3) is 6.08 Å². The second-order valence-electron chi connectivity index (χ2n) is 6.76. The lowest BCUT2D eigenvalue weighted by Gasteiger charge is -2.21. The SMILES string of the molecule is O=C(/C=C/c1ccccc1)N1N=C(c2ccc(Cl)cc2)C[C@H]1c1ccccc1O. The van der Waals surface area contributed by atoms with Crippen LogP contribution in [0.5, 0.6) is 5.75 Å². The molecule has 3 aromatic carbocycles. The van der Waals surface area contributed by atoms with Gasteiger partial charge in [-0.25, -0.2) is 5.01 Å². The first-order valence-electron chi connectivity index (χ1n) is 9.29. The second-order valence-corrected chi connectivity index (χ2v) is 7.20. The molecule has 0 spiro atoms. The number of carbonyl (C=O) groups excluding carboxylic acids is 1. The number of hydrazone groups is 1. The molecule has 4 rings (SSSR count). The summed E-state index contributed by atoms with van der Waals surface area (Å²) in [6.45, 7) is 0. The van der Waals surface area contributed by atoms with Crippen molar-refractivity contribution < 1.29 is 9.90 Å². The summed E-state index contributed by atoms with van der Waals surface area (Å²) in [4.78, 5) is 13.0. The molecule has 0 radical (unpaired) electrons. The molecule has 0 saturated heterocycles. The molecule has 29 heavy (non-hydrogen) atoms. The second kappa shape index (κ2) is 8.33. The van der Waals surface area contributed by atoms with Crippen LogP contribution >= 0.6 is 11.6 Å². The zero-order valence-corrected chi connectivity index (χ0v) is 16.3. The van der Waals surface area contributed by atoms with E-state index in [-0.39, 0.29) is 17.7 Å². The Bertz CT molecular complexity index is 1080. The number of phenols is 1. The zero-order valence-electron chi connectivity index (χ0n) is 15.6. The maximum atomic E-state index is 13.0. The molecule has 4 nitrogen and oxygen atoms in total. The summed E-state index contributed by atoms with van der Waals surface area (Å²) >= 11 is 6.00. The van der Waals surface area contributed by atoms with Crippen molar-refractivity contribution in [1.29, 1.82) is 0 Å². The summed E-state index contributed by atoms with van der Waals surface area (Å²) in [6.07, 6.45) is 3.78. The van der Waals surface area contributed by atoms with Crippen LogP contribution in [0.3, 0.4) is 0 Å². The minimum atomic E-state index is -0.380. The molecule has 0 aromatic heterocycles. The monoisotopic (exact) mass is 402 g/mol. The molecule has 0 unspecified atom stereocenters. The standard InChI is InChI=1S/C24H19ClN2O2/c25-19-13-11-18(12-14-19)21-16-22(20-8-4-5-9-23(20)28)27(26-21)24(29)15-10-17-6-2-1-3-7-17/h1-15,22,28H,16H2/b15-10+/t22-/m0/s1. The van der Waals surface area contributed by atoms with Gasteiger partial charge in [0.15, 0.2) is 0 Å². The zero-order chi connectivity index (χ0) is 20.2. The van der Waals surface area contributed by atoms with E-state index < -0.39 is 0 Å². The Balaban J connectivity index is 1.67. The summed E-state index contributed by atoms with van der Waals surface area (Å²) in [5.74, 6) is -0.0963. The Kier molecular flexibility index (Phi) is 5.45. The lowest BCUT2D eigenvalue weighted by molar-refractivity contribution is -0.127. The topological polar surface area (TPSA) is 52.9 Å². The normalized spacial score (nSPS) is 16.2. The number of hydrogen-bond donors (Lipinski definition) is 1. The van der Waals surface area contributed by atoms with Crippen LogP contribution in [-0.4, -0.2) is 21.7 Å². The highest BCUT2D eigenvalue weighted by atomic mass is 35.5. The lowest BCUT2D eigenvalue weighted by Crippen LogP contribution is -2.25. The van der Waals surface area contributed by atoms with Crippen LogP contribution in [0.4, 0.5) is 0 Å². The van der Waals surface area contributed by atoms with Crippen LogP contribution < -0.4 is 0 Å². The van der Waals surface area contributed by atoms with Gasteiger partial charge in [0.05, 0.1) is 11.8 Å². The fourth-order valence-corrected chi connectivity index (χ4v) is 3.48. The first-order valence-corrected chi connectivity index (χ1v) is 9.67. The molecular weight excluding hydrogens is 384 g/mol. The van der Waals surface area contributed by atoms with Gasteiger partial charge in [-0.1, -0.05) is 72.3 Å². The predicted molar refractivity (Wildman–Crippen MR) is 116 cm³/mol. The summed E-state index contributed by atoms with van der Waals surface area (Å²) in [6, 6.07) is 23.7. The molecule has 5 heteroatoms. The van der Waals surface area contributed by atoms with Crippen molar-refractivity contribution in [2.45, 2.75) is 12.5 Å². The van der Waals surface area contributed by atoms with Crippen molar-refractivity contribution >= 4 is 29.3 Å². The largest absolute Gasteiger partial charge is 0.508 e. The van der Waals surface area contributed by atoms with Gasteiger partial charge in [-0.2, -0.15) is 5.10 Å². The van der Waals surface area contributed by atoms with Crippen molar-refractivity contribution in [2.75, 3.05) is 0 Å². The highest BCUT2D eigenvalue weighted by molar-refractivity contribution is 6.30. The molecule has 1 aliphatic rings. The van der Waals surface area contributed by atoms with Gasteiger partial charge < -0.3 is 5.11 Å². The molecule has 3 aromatic rings. The van der Waals surface area contributed by atoms with Crippen molar-refractivity contribution in [2.24, 2.45) is 5.10 Å². The third-order valence-corrected chi connectivity index (χ3v) is 5.08. The van der Waals surface area contributed by atoms with E-state index in [1.165, 1.54) is 11.1 Å². The Morgan fingerprint density at radius 2 is 1.69 bits per heavy atom. The van der Waals surface area contributed by atoms with E-state index >= 15 is 0 Å². The molecule has 1 heterocycles. The Morgan fingerprint density at radius 1 is 1.00 bits per heavy atom. The van der Waals surface area contributed by atoms with Gasteiger partial charge in [0, 0.05) is 23.1 Å². The highest BCUT2D eigenvalue weighted by Gasteiger charge is 2.33. The van der Waals surface area contributed by atoms with Crippen molar-refractivity contribution in [3.8, 4) is 5.75 Å². The van der Waals surface area contributed by atoms with E-state index in [2.05, 4.69) is 5.10 Å². The number of nitrogens with zero attached hydrogens (tertiary/aromatic N) is 2. The van der Waals surface area contributed by atoms with Gasteiger partial charge in [-0.3, -0.25) is 4.79 Å². The van der Waals surface area contributed by atoms with Crippen LogP contribution in [0.15, 0.2) is 90.0 Å². The molecule has 1 atom stereocenters. The molecular formula is C24H19ClN2O2. The van der Waals surface area contributed by atoms with Crippen molar-refractivity contribution in [3.05, 3.63) is 107 Å². The van der Waals surface area contributed by atoms with E-state index in [0.717, 1.165) is 16.8 Å².